The number of anilines is 1. The second-order valence-electron chi connectivity index (χ2n) is 6.89. The van der Waals surface area contributed by atoms with E-state index in [1.165, 1.54) is 23.5 Å². The molecule has 1 aliphatic heterocycles. The number of nitrogens with one attached hydrogen (secondary N) is 1. The van der Waals surface area contributed by atoms with Crippen molar-refractivity contribution in [2.45, 2.75) is 37.2 Å². The number of hydrogen-bond acceptors (Lipinski definition) is 5. The summed E-state index contributed by atoms with van der Waals surface area (Å²) >= 11 is 0. The fraction of sp³-hybridized carbons (Fsp3) is 0.381. The zero-order valence-corrected chi connectivity index (χ0v) is 17.4. The zero-order chi connectivity index (χ0) is 20.9. The van der Waals surface area contributed by atoms with Crippen LogP contribution >= 0.6 is 0 Å². The molecule has 3 rings (SSSR count). The summed E-state index contributed by atoms with van der Waals surface area (Å²) in [5.41, 5.74) is 0.291. The van der Waals surface area contributed by atoms with E-state index in [0.29, 0.717) is 30.3 Å². The van der Waals surface area contributed by atoms with Crippen molar-refractivity contribution in [1.82, 2.24) is 4.31 Å². The molecular formula is C21H26N2O5S. The number of sulfonamides is 1. The second kappa shape index (κ2) is 9.28. The minimum atomic E-state index is -3.62. The molecular weight excluding hydrogens is 392 g/mol. The van der Waals surface area contributed by atoms with Crippen LogP contribution in [0, 0.1) is 0 Å². The molecule has 2 aromatic carbocycles. The Labute approximate surface area is 171 Å². The Hall–Kier alpha value is -2.58. The maximum atomic E-state index is 12.9. The fourth-order valence-electron chi connectivity index (χ4n) is 3.19. The summed E-state index contributed by atoms with van der Waals surface area (Å²) in [6.45, 7) is 2.65. The molecule has 156 valence electrons. The van der Waals surface area contributed by atoms with Gasteiger partial charge >= 0.3 is 0 Å². The number of nitrogens with zero attached hydrogens (tertiary/aromatic N) is 1. The predicted octanol–water partition coefficient (Wildman–Crippen LogP) is 3.28. The van der Waals surface area contributed by atoms with Gasteiger partial charge < -0.3 is 14.8 Å². The van der Waals surface area contributed by atoms with Crippen LogP contribution in [0.2, 0.25) is 0 Å². The SMILES string of the molecule is COc1ccc(S(=O)(=O)N2CCCCC2)cc1NC(=O)[C@H](C)Oc1ccccc1. The van der Waals surface area contributed by atoms with E-state index < -0.39 is 22.0 Å². The van der Waals surface area contributed by atoms with Crippen LogP contribution < -0.4 is 14.8 Å². The molecule has 0 aromatic heterocycles. The third kappa shape index (κ3) is 5.07. The lowest BCUT2D eigenvalue weighted by molar-refractivity contribution is -0.122. The van der Waals surface area contributed by atoms with Crippen LogP contribution in [-0.2, 0) is 14.8 Å². The average Bonchev–Trinajstić information content (AvgIpc) is 2.75. The van der Waals surface area contributed by atoms with Crippen molar-refractivity contribution >= 4 is 21.6 Å². The lowest BCUT2D eigenvalue weighted by atomic mass is 10.2. The molecule has 0 bridgehead atoms. The molecule has 1 N–H and O–H groups in total. The number of benzene rings is 2. The Morgan fingerprint density at radius 2 is 1.76 bits per heavy atom. The smallest absolute Gasteiger partial charge is 0.265 e. The summed E-state index contributed by atoms with van der Waals surface area (Å²) in [5, 5.41) is 2.72. The molecule has 1 fully saturated rings. The van der Waals surface area contributed by atoms with Gasteiger partial charge in [0, 0.05) is 13.1 Å². The Kier molecular flexibility index (Phi) is 6.76. The molecule has 7 nitrogen and oxygen atoms in total. The third-order valence-corrected chi connectivity index (χ3v) is 6.70. The van der Waals surface area contributed by atoms with Crippen molar-refractivity contribution in [2.24, 2.45) is 0 Å². The van der Waals surface area contributed by atoms with E-state index in [1.807, 2.05) is 18.2 Å². The molecule has 2 aromatic rings. The van der Waals surface area contributed by atoms with Gasteiger partial charge in [-0.1, -0.05) is 24.6 Å². The van der Waals surface area contributed by atoms with Crippen molar-refractivity contribution in [2.75, 3.05) is 25.5 Å². The van der Waals surface area contributed by atoms with Gasteiger partial charge in [0.2, 0.25) is 10.0 Å². The van der Waals surface area contributed by atoms with Gasteiger partial charge in [0.05, 0.1) is 17.7 Å². The number of amides is 1. The van der Waals surface area contributed by atoms with Gasteiger partial charge in [0.15, 0.2) is 6.10 Å². The quantitative estimate of drug-likeness (QED) is 0.746. The van der Waals surface area contributed by atoms with Gasteiger partial charge in [-0.15, -0.1) is 0 Å². The van der Waals surface area contributed by atoms with Gasteiger partial charge in [0.1, 0.15) is 11.5 Å². The largest absolute Gasteiger partial charge is 0.495 e. The molecule has 1 heterocycles. The van der Waals surface area contributed by atoms with E-state index in [9.17, 15) is 13.2 Å². The summed E-state index contributed by atoms with van der Waals surface area (Å²) in [6.07, 6.45) is 1.97. The molecule has 8 heteroatoms. The van der Waals surface area contributed by atoms with Crippen LogP contribution in [0.5, 0.6) is 11.5 Å². The first-order chi connectivity index (χ1) is 13.9. The molecule has 1 atom stereocenters. The Balaban J connectivity index is 1.79. The normalized spacial score (nSPS) is 16.1. The van der Waals surface area contributed by atoms with Crippen LogP contribution in [0.3, 0.4) is 0 Å². The molecule has 0 saturated carbocycles. The summed E-state index contributed by atoms with van der Waals surface area (Å²) < 4.78 is 38.3. The van der Waals surface area contributed by atoms with Crippen LogP contribution in [0.4, 0.5) is 5.69 Å². The van der Waals surface area contributed by atoms with E-state index in [-0.39, 0.29) is 4.90 Å². The minimum Gasteiger partial charge on any atom is -0.495 e. The molecule has 1 saturated heterocycles. The molecule has 0 radical (unpaired) electrons. The molecule has 1 amide bonds. The number of hydrogen-bond donors (Lipinski definition) is 1. The molecule has 0 unspecified atom stereocenters. The standard InChI is InChI=1S/C21H26N2O5S/c1-16(28-17-9-5-3-6-10-17)21(24)22-19-15-18(11-12-20(19)27-2)29(25,26)23-13-7-4-8-14-23/h3,5-6,9-12,15-16H,4,7-8,13-14H2,1-2H3,(H,22,24)/t16-/m0/s1. The lowest BCUT2D eigenvalue weighted by Gasteiger charge is -2.26. The van der Waals surface area contributed by atoms with Gasteiger partial charge in [-0.3, -0.25) is 4.79 Å². The first kappa shape index (κ1) is 21.1. The Morgan fingerprint density at radius 3 is 2.41 bits per heavy atom. The van der Waals surface area contributed by atoms with Gasteiger partial charge in [0.25, 0.3) is 5.91 Å². The van der Waals surface area contributed by atoms with Gasteiger partial charge in [-0.25, -0.2) is 8.42 Å². The predicted molar refractivity (Wildman–Crippen MR) is 111 cm³/mol. The first-order valence-corrected chi connectivity index (χ1v) is 11.1. The summed E-state index contributed by atoms with van der Waals surface area (Å²) in [5.74, 6) is 0.547. The van der Waals surface area contributed by atoms with Crippen molar-refractivity contribution in [3.8, 4) is 11.5 Å². The molecule has 0 aliphatic carbocycles. The summed E-state index contributed by atoms with van der Waals surface area (Å²) in [6, 6.07) is 13.5. The number of methoxy groups -OCH3 is 1. The van der Waals surface area contributed by atoms with Crippen LogP contribution in [-0.4, -0.2) is 44.9 Å². The Bertz CT molecular complexity index is 941. The zero-order valence-electron chi connectivity index (χ0n) is 16.6. The Morgan fingerprint density at radius 1 is 1.07 bits per heavy atom. The number of carbonyl (C=O) groups is 1. The summed E-state index contributed by atoms with van der Waals surface area (Å²) in [7, 11) is -2.15. The molecule has 1 aliphatic rings. The highest BCUT2D eigenvalue weighted by molar-refractivity contribution is 7.89. The molecule has 29 heavy (non-hydrogen) atoms. The van der Waals surface area contributed by atoms with Crippen molar-refractivity contribution in [1.29, 1.82) is 0 Å². The lowest BCUT2D eigenvalue weighted by Crippen LogP contribution is -2.35. The topological polar surface area (TPSA) is 84.9 Å². The number of ether oxygens (including phenoxy) is 2. The number of para-hydroxylation sites is 1. The van der Waals surface area contributed by atoms with Crippen LogP contribution in [0.15, 0.2) is 53.4 Å². The summed E-state index contributed by atoms with van der Waals surface area (Å²) in [4.78, 5) is 12.7. The first-order valence-electron chi connectivity index (χ1n) is 9.62. The fourth-order valence-corrected chi connectivity index (χ4v) is 4.73. The highest BCUT2D eigenvalue weighted by atomic mass is 32.2. The van der Waals surface area contributed by atoms with Crippen LogP contribution in [0.25, 0.3) is 0 Å². The van der Waals surface area contributed by atoms with Crippen molar-refractivity contribution in [3.63, 3.8) is 0 Å². The van der Waals surface area contributed by atoms with Gasteiger partial charge in [-0.2, -0.15) is 4.31 Å². The van der Waals surface area contributed by atoms with Crippen LogP contribution in [0.1, 0.15) is 26.2 Å². The number of rotatable bonds is 7. The average molecular weight is 419 g/mol. The van der Waals surface area contributed by atoms with Crippen molar-refractivity contribution < 1.29 is 22.7 Å². The number of carbonyl (C=O) groups excluding carboxylic acids is 1. The van der Waals surface area contributed by atoms with E-state index in [2.05, 4.69) is 5.32 Å². The highest BCUT2D eigenvalue weighted by Gasteiger charge is 2.27. The second-order valence-corrected chi connectivity index (χ2v) is 8.83. The maximum absolute atomic E-state index is 12.9. The minimum absolute atomic E-state index is 0.132. The monoisotopic (exact) mass is 418 g/mol. The maximum Gasteiger partial charge on any atom is 0.265 e. The van der Waals surface area contributed by atoms with E-state index in [4.69, 9.17) is 9.47 Å². The van der Waals surface area contributed by atoms with E-state index >= 15 is 0 Å². The van der Waals surface area contributed by atoms with Gasteiger partial charge in [-0.05, 0) is 50.1 Å². The number of piperidine rings is 1. The third-order valence-electron chi connectivity index (χ3n) is 4.81. The van der Waals surface area contributed by atoms with E-state index in [0.717, 1.165) is 19.3 Å². The van der Waals surface area contributed by atoms with Crippen molar-refractivity contribution in [3.05, 3.63) is 48.5 Å². The van der Waals surface area contributed by atoms with E-state index in [1.54, 1.807) is 25.1 Å². The highest BCUT2D eigenvalue weighted by Crippen LogP contribution is 2.30. The molecule has 0 spiro atoms.